The van der Waals surface area contributed by atoms with E-state index in [2.05, 4.69) is 5.10 Å². The van der Waals surface area contributed by atoms with Gasteiger partial charge in [0, 0.05) is 0 Å². The second kappa shape index (κ2) is 10.1. The lowest BCUT2D eigenvalue weighted by Gasteiger charge is -2.11. The lowest BCUT2D eigenvalue weighted by atomic mass is 10.1. The first-order chi connectivity index (χ1) is 16.8. The summed E-state index contributed by atoms with van der Waals surface area (Å²) < 4.78 is 39.7. The highest BCUT2D eigenvalue weighted by atomic mass is 32.2. The molecule has 3 aromatic carbocycles. The number of aromatic nitrogens is 2. The van der Waals surface area contributed by atoms with Gasteiger partial charge < -0.3 is 9.47 Å². The van der Waals surface area contributed by atoms with E-state index in [9.17, 15) is 13.2 Å². The highest BCUT2D eigenvalue weighted by Gasteiger charge is 2.32. The van der Waals surface area contributed by atoms with Crippen LogP contribution in [0.4, 0.5) is 0 Å². The lowest BCUT2D eigenvalue weighted by Crippen LogP contribution is -2.16. The summed E-state index contributed by atoms with van der Waals surface area (Å²) in [5.41, 5.74) is 2.45. The molecule has 0 aliphatic heterocycles. The molecule has 0 fully saturated rings. The fourth-order valence-electron chi connectivity index (χ4n) is 3.65. The van der Waals surface area contributed by atoms with E-state index < -0.39 is 15.8 Å². The third-order valence-corrected chi connectivity index (χ3v) is 7.26. The minimum atomic E-state index is -4.01. The van der Waals surface area contributed by atoms with Gasteiger partial charge in [0.2, 0.25) is 15.7 Å². The third kappa shape index (κ3) is 5.27. The number of nitrogens with zero attached hydrogens (tertiary/aromatic N) is 2. The average Bonchev–Trinajstić information content (AvgIpc) is 3.17. The van der Waals surface area contributed by atoms with E-state index in [0.29, 0.717) is 23.6 Å². The van der Waals surface area contributed by atoms with Crippen LogP contribution in [0.5, 0.6) is 11.6 Å². The van der Waals surface area contributed by atoms with Crippen molar-refractivity contribution >= 4 is 15.8 Å². The number of para-hydroxylation sites is 1. The molecule has 0 bridgehead atoms. The molecule has 4 rings (SSSR count). The number of hydrogen-bond donors (Lipinski definition) is 0. The van der Waals surface area contributed by atoms with E-state index in [0.717, 1.165) is 5.56 Å². The van der Waals surface area contributed by atoms with Crippen molar-refractivity contribution in [1.82, 2.24) is 9.78 Å². The summed E-state index contributed by atoms with van der Waals surface area (Å²) in [4.78, 5) is 12.9. The van der Waals surface area contributed by atoms with Gasteiger partial charge in [-0.2, -0.15) is 9.78 Å². The topological polar surface area (TPSA) is 87.5 Å². The predicted octanol–water partition coefficient (Wildman–Crippen LogP) is 4.87. The van der Waals surface area contributed by atoms with Crippen molar-refractivity contribution in [2.75, 3.05) is 6.61 Å². The quantitative estimate of drug-likeness (QED) is 0.328. The van der Waals surface area contributed by atoms with Crippen molar-refractivity contribution in [1.29, 1.82) is 0 Å². The number of rotatable bonds is 8. The molecule has 0 aliphatic rings. The maximum atomic E-state index is 13.6. The summed E-state index contributed by atoms with van der Waals surface area (Å²) in [6.07, 6.45) is -0.0462. The van der Waals surface area contributed by atoms with Gasteiger partial charge >= 0.3 is 5.97 Å². The number of sulfone groups is 1. The van der Waals surface area contributed by atoms with Crippen LogP contribution in [-0.4, -0.2) is 30.8 Å². The molecule has 0 unspecified atom stereocenters. The van der Waals surface area contributed by atoms with Crippen molar-refractivity contribution in [3.05, 3.63) is 95.7 Å². The SMILES string of the molecule is CCOc1ccc(CC(=O)Oc2c(S(=O)(=O)c3ccc(C)cc3)c(C)nn2-c2ccccc2)cc1. The molecule has 1 heterocycles. The van der Waals surface area contributed by atoms with Crippen molar-refractivity contribution in [3.8, 4) is 17.3 Å². The Hall–Kier alpha value is -3.91. The summed E-state index contributed by atoms with van der Waals surface area (Å²) in [6.45, 7) is 5.90. The van der Waals surface area contributed by atoms with Crippen molar-refractivity contribution in [2.45, 2.75) is 37.0 Å². The zero-order valence-corrected chi connectivity index (χ0v) is 20.6. The first-order valence-electron chi connectivity index (χ1n) is 11.2. The van der Waals surface area contributed by atoms with Crippen LogP contribution in [0.25, 0.3) is 5.69 Å². The summed E-state index contributed by atoms with van der Waals surface area (Å²) in [7, 11) is -4.01. The summed E-state index contributed by atoms with van der Waals surface area (Å²) >= 11 is 0. The molecule has 180 valence electrons. The highest BCUT2D eigenvalue weighted by molar-refractivity contribution is 7.91. The van der Waals surface area contributed by atoms with Crippen LogP contribution in [0.2, 0.25) is 0 Å². The lowest BCUT2D eigenvalue weighted by molar-refractivity contribution is -0.134. The van der Waals surface area contributed by atoms with Crippen LogP contribution in [-0.2, 0) is 21.1 Å². The Morgan fingerprint density at radius 1 is 0.914 bits per heavy atom. The van der Waals surface area contributed by atoms with Gasteiger partial charge in [0.05, 0.1) is 29.3 Å². The smallest absolute Gasteiger partial charge is 0.317 e. The molecule has 0 saturated carbocycles. The minimum absolute atomic E-state index is 0.0462. The van der Waals surface area contributed by atoms with Gasteiger partial charge in [-0.15, -0.1) is 0 Å². The highest BCUT2D eigenvalue weighted by Crippen LogP contribution is 2.34. The van der Waals surface area contributed by atoms with E-state index in [1.165, 1.54) is 16.8 Å². The zero-order chi connectivity index (χ0) is 25.0. The first-order valence-corrected chi connectivity index (χ1v) is 12.7. The average molecular weight is 491 g/mol. The van der Waals surface area contributed by atoms with Gasteiger partial charge in [-0.1, -0.05) is 48.0 Å². The van der Waals surface area contributed by atoms with E-state index >= 15 is 0 Å². The van der Waals surface area contributed by atoms with E-state index in [4.69, 9.17) is 9.47 Å². The van der Waals surface area contributed by atoms with Gasteiger partial charge in [0.25, 0.3) is 0 Å². The van der Waals surface area contributed by atoms with Crippen LogP contribution in [0.15, 0.2) is 88.7 Å². The van der Waals surface area contributed by atoms with Crippen LogP contribution >= 0.6 is 0 Å². The monoisotopic (exact) mass is 490 g/mol. The van der Waals surface area contributed by atoms with E-state index in [1.807, 2.05) is 19.9 Å². The van der Waals surface area contributed by atoms with E-state index in [-0.39, 0.29) is 27.8 Å². The number of benzene rings is 3. The van der Waals surface area contributed by atoms with Gasteiger partial charge in [0.1, 0.15) is 5.75 Å². The van der Waals surface area contributed by atoms with Gasteiger partial charge in [-0.25, -0.2) is 8.42 Å². The molecule has 0 atom stereocenters. The Balaban J connectivity index is 1.74. The zero-order valence-electron chi connectivity index (χ0n) is 19.8. The molecule has 8 heteroatoms. The molecule has 4 aromatic rings. The second-order valence-corrected chi connectivity index (χ2v) is 9.90. The van der Waals surface area contributed by atoms with Crippen LogP contribution in [0.1, 0.15) is 23.7 Å². The second-order valence-electron chi connectivity index (χ2n) is 8.01. The van der Waals surface area contributed by atoms with Crippen LogP contribution in [0, 0.1) is 13.8 Å². The Morgan fingerprint density at radius 2 is 1.57 bits per heavy atom. The Morgan fingerprint density at radius 3 is 2.20 bits per heavy atom. The standard InChI is InChI=1S/C27H26N2O5S/c1-4-33-23-14-12-21(13-15-23)18-25(30)34-27-26(35(31,32)24-16-10-19(2)11-17-24)20(3)28-29(27)22-8-6-5-7-9-22/h5-17H,4,18H2,1-3H3. The molecule has 7 nitrogen and oxygen atoms in total. The van der Waals surface area contributed by atoms with Crippen LogP contribution < -0.4 is 9.47 Å². The summed E-state index contributed by atoms with van der Waals surface area (Å²) in [5, 5.41) is 4.43. The molecule has 0 radical (unpaired) electrons. The number of ether oxygens (including phenoxy) is 2. The molecule has 35 heavy (non-hydrogen) atoms. The van der Waals surface area contributed by atoms with E-state index in [1.54, 1.807) is 67.6 Å². The summed E-state index contributed by atoms with van der Waals surface area (Å²) in [5.74, 6) is -0.0364. The number of esters is 1. The molecule has 0 spiro atoms. The molecule has 0 N–H and O–H groups in total. The number of carbonyl (C=O) groups excluding carboxylic acids is 1. The third-order valence-electron chi connectivity index (χ3n) is 5.36. The van der Waals surface area contributed by atoms with Crippen molar-refractivity contribution < 1.29 is 22.7 Å². The summed E-state index contributed by atoms with van der Waals surface area (Å²) in [6, 6.07) is 22.6. The fourth-order valence-corrected chi connectivity index (χ4v) is 5.17. The largest absolute Gasteiger partial charge is 0.494 e. The van der Waals surface area contributed by atoms with Gasteiger partial charge in [0.15, 0.2) is 4.90 Å². The Bertz CT molecular complexity index is 1430. The maximum absolute atomic E-state index is 13.6. The minimum Gasteiger partial charge on any atom is -0.494 e. The van der Waals surface area contributed by atoms with Gasteiger partial charge in [-0.3, -0.25) is 4.79 Å². The van der Waals surface area contributed by atoms with Crippen LogP contribution in [0.3, 0.4) is 0 Å². The maximum Gasteiger partial charge on any atom is 0.317 e. The molecular formula is C27H26N2O5S. The number of aryl methyl sites for hydroxylation is 2. The fraction of sp³-hybridized carbons (Fsp3) is 0.185. The number of hydrogen-bond acceptors (Lipinski definition) is 6. The Kier molecular flexibility index (Phi) is 7.02. The normalized spacial score (nSPS) is 11.3. The molecule has 1 aromatic heterocycles. The van der Waals surface area contributed by atoms with Crippen molar-refractivity contribution in [3.63, 3.8) is 0 Å². The first kappa shape index (κ1) is 24.2. The molecule has 0 saturated heterocycles. The molecule has 0 amide bonds. The molecular weight excluding hydrogens is 464 g/mol. The molecule has 0 aliphatic carbocycles. The Labute approximate surface area is 204 Å². The van der Waals surface area contributed by atoms with Gasteiger partial charge in [-0.05, 0) is 62.7 Å². The predicted molar refractivity (Wildman–Crippen MR) is 132 cm³/mol. The number of carbonyl (C=O) groups is 1. The van der Waals surface area contributed by atoms with Crippen molar-refractivity contribution in [2.24, 2.45) is 0 Å².